The summed E-state index contributed by atoms with van der Waals surface area (Å²) in [6, 6.07) is 6.22. The molecule has 0 saturated carbocycles. The average molecular weight is 298 g/mol. The number of rotatable bonds is 7. The van der Waals surface area contributed by atoms with Crippen LogP contribution < -0.4 is 10.0 Å². The molecule has 0 saturated heterocycles. The Morgan fingerprint density at radius 3 is 2.50 bits per heavy atom. The van der Waals surface area contributed by atoms with Crippen molar-refractivity contribution in [2.45, 2.75) is 4.90 Å². The first-order valence-corrected chi connectivity index (χ1v) is 7.46. The molecule has 110 valence electrons. The lowest BCUT2D eigenvalue weighted by Gasteiger charge is -2.02. The summed E-state index contributed by atoms with van der Waals surface area (Å²) in [5.41, 5.74) is 0.738. The lowest BCUT2D eigenvalue weighted by atomic mass is 10.2. The van der Waals surface area contributed by atoms with Gasteiger partial charge in [-0.15, -0.1) is 0 Å². The van der Waals surface area contributed by atoms with Gasteiger partial charge in [0.2, 0.25) is 15.9 Å². The van der Waals surface area contributed by atoms with Crippen molar-refractivity contribution in [2.75, 3.05) is 27.3 Å². The molecule has 0 aliphatic heterocycles. The number of hydrogen-bond acceptors (Lipinski definition) is 4. The van der Waals surface area contributed by atoms with E-state index in [4.69, 9.17) is 4.74 Å². The highest BCUT2D eigenvalue weighted by Gasteiger charge is 2.09. The Morgan fingerprint density at radius 1 is 1.30 bits per heavy atom. The van der Waals surface area contributed by atoms with E-state index in [0.717, 1.165) is 5.56 Å². The molecule has 0 aromatic heterocycles. The minimum absolute atomic E-state index is 0.182. The SMILES string of the molecule is CNS(=O)(=O)c1ccc(/C=C/C(=O)NCCOC)cc1. The Bertz CT molecular complexity index is 565. The van der Waals surface area contributed by atoms with Gasteiger partial charge in [-0.2, -0.15) is 0 Å². The number of benzene rings is 1. The zero-order valence-electron chi connectivity index (χ0n) is 11.4. The lowest BCUT2D eigenvalue weighted by Crippen LogP contribution is -2.24. The van der Waals surface area contributed by atoms with Crippen LogP contribution in [0.3, 0.4) is 0 Å². The highest BCUT2D eigenvalue weighted by molar-refractivity contribution is 7.89. The Balaban J connectivity index is 2.64. The highest BCUT2D eigenvalue weighted by Crippen LogP contribution is 2.11. The Hall–Kier alpha value is -1.70. The van der Waals surface area contributed by atoms with Crippen LogP contribution in [0.2, 0.25) is 0 Å². The van der Waals surface area contributed by atoms with E-state index in [2.05, 4.69) is 10.0 Å². The quantitative estimate of drug-likeness (QED) is 0.563. The summed E-state index contributed by atoms with van der Waals surface area (Å²) in [6.45, 7) is 0.898. The van der Waals surface area contributed by atoms with Gasteiger partial charge in [-0.3, -0.25) is 4.79 Å². The minimum atomic E-state index is -3.43. The topological polar surface area (TPSA) is 84.5 Å². The maximum atomic E-state index is 11.5. The first kappa shape index (κ1) is 16.4. The molecule has 0 bridgehead atoms. The third-order valence-electron chi connectivity index (χ3n) is 2.49. The minimum Gasteiger partial charge on any atom is -0.383 e. The molecule has 0 heterocycles. The van der Waals surface area contributed by atoms with Crippen molar-refractivity contribution in [3.63, 3.8) is 0 Å². The fourth-order valence-corrected chi connectivity index (χ4v) is 2.11. The second-order valence-corrected chi connectivity index (χ2v) is 5.78. The van der Waals surface area contributed by atoms with Gasteiger partial charge in [0.05, 0.1) is 11.5 Å². The van der Waals surface area contributed by atoms with Crippen LogP contribution in [-0.4, -0.2) is 41.6 Å². The van der Waals surface area contributed by atoms with E-state index in [0.29, 0.717) is 13.2 Å². The summed E-state index contributed by atoms with van der Waals surface area (Å²) in [5.74, 6) is -0.228. The van der Waals surface area contributed by atoms with Crippen LogP contribution in [0.1, 0.15) is 5.56 Å². The number of methoxy groups -OCH3 is 1. The smallest absolute Gasteiger partial charge is 0.244 e. The fraction of sp³-hybridized carbons (Fsp3) is 0.308. The third kappa shape index (κ3) is 5.12. The molecule has 0 radical (unpaired) electrons. The van der Waals surface area contributed by atoms with Gasteiger partial charge in [-0.05, 0) is 30.8 Å². The summed E-state index contributed by atoms with van der Waals surface area (Å²) < 4.78 is 30.1. The maximum absolute atomic E-state index is 11.5. The van der Waals surface area contributed by atoms with Gasteiger partial charge < -0.3 is 10.1 Å². The second kappa shape index (κ2) is 7.78. The van der Waals surface area contributed by atoms with E-state index in [1.54, 1.807) is 25.3 Å². The van der Waals surface area contributed by atoms with Crippen LogP contribution in [0.5, 0.6) is 0 Å². The summed E-state index contributed by atoms with van der Waals surface area (Å²) in [5, 5.41) is 2.64. The van der Waals surface area contributed by atoms with Crippen LogP contribution >= 0.6 is 0 Å². The number of nitrogens with one attached hydrogen (secondary N) is 2. The van der Waals surface area contributed by atoms with Crippen molar-refractivity contribution >= 4 is 22.0 Å². The molecule has 7 heteroatoms. The van der Waals surface area contributed by atoms with Gasteiger partial charge in [0.15, 0.2) is 0 Å². The van der Waals surface area contributed by atoms with Crippen molar-refractivity contribution < 1.29 is 17.9 Å². The maximum Gasteiger partial charge on any atom is 0.244 e. The number of carbonyl (C=O) groups excluding carboxylic acids is 1. The molecule has 1 rings (SSSR count). The standard InChI is InChI=1S/C13H18N2O4S/c1-14-20(17,18)12-6-3-11(4-7-12)5-8-13(16)15-9-10-19-2/h3-8,14H,9-10H2,1-2H3,(H,15,16)/b8-5+. The monoisotopic (exact) mass is 298 g/mol. The summed E-state index contributed by atoms with van der Waals surface area (Å²) in [7, 11) is -0.515. The largest absolute Gasteiger partial charge is 0.383 e. The summed E-state index contributed by atoms with van der Waals surface area (Å²) in [6.07, 6.45) is 3.00. The number of amides is 1. The highest BCUT2D eigenvalue weighted by atomic mass is 32.2. The van der Waals surface area contributed by atoms with E-state index >= 15 is 0 Å². The zero-order valence-corrected chi connectivity index (χ0v) is 12.2. The van der Waals surface area contributed by atoms with E-state index in [1.165, 1.54) is 25.3 Å². The molecular weight excluding hydrogens is 280 g/mol. The first-order valence-electron chi connectivity index (χ1n) is 5.98. The van der Waals surface area contributed by atoms with Crippen molar-refractivity contribution in [2.24, 2.45) is 0 Å². The van der Waals surface area contributed by atoms with E-state index in [-0.39, 0.29) is 10.8 Å². The zero-order chi connectivity index (χ0) is 15.0. The van der Waals surface area contributed by atoms with E-state index < -0.39 is 10.0 Å². The molecule has 1 amide bonds. The van der Waals surface area contributed by atoms with Gasteiger partial charge in [0.25, 0.3) is 0 Å². The predicted octanol–water partition coefficient (Wildman–Crippen LogP) is 0.371. The third-order valence-corrected chi connectivity index (χ3v) is 3.92. The average Bonchev–Trinajstić information content (AvgIpc) is 2.46. The molecular formula is C13H18N2O4S. The molecule has 0 spiro atoms. The molecule has 0 unspecified atom stereocenters. The van der Waals surface area contributed by atoms with Gasteiger partial charge in [-0.1, -0.05) is 12.1 Å². The van der Waals surface area contributed by atoms with Crippen molar-refractivity contribution in [1.82, 2.24) is 10.0 Å². The molecule has 0 atom stereocenters. The molecule has 1 aromatic carbocycles. The molecule has 0 aliphatic carbocycles. The Kier molecular flexibility index (Phi) is 6.37. The number of ether oxygens (including phenoxy) is 1. The van der Waals surface area contributed by atoms with Crippen molar-refractivity contribution in [3.8, 4) is 0 Å². The first-order chi connectivity index (χ1) is 9.49. The van der Waals surface area contributed by atoms with Gasteiger partial charge in [0, 0.05) is 19.7 Å². The van der Waals surface area contributed by atoms with E-state index in [1.807, 2.05) is 0 Å². The number of sulfonamides is 1. The van der Waals surface area contributed by atoms with Crippen molar-refractivity contribution in [3.05, 3.63) is 35.9 Å². The number of hydrogen-bond donors (Lipinski definition) is 2. The van der Waals surface area contributed by atoms with E-state index in [9.17, 15) is 13.2 Å². The Morgan fingerprint density at radius 2 is 1.95 bits per heavy atom. The summed E-state index contributed by atoms with van der Waals surface area (Å²) >= 11 is 0. The molecule has 6 nitrogen and oxygen atoms in total. The normalized spacial score (nSPS) is 11.7. The van der Waals surface area contributed by atoms with Crippen LogP contribution in [0.4, 0.5) is 0 Å². The molecule has 0 aliphatic rings. The van der Waals surface area contributed by atoms with Crippen LogP contribution in [-0.2, 0) is 19.6 Å². The van der Waals surface area contributed by atoms with Crippen LogP contribution in [0.15, 0.2) is 35.2 Å². The second-order valence-electron chi connectivity index (χ2n) is 3.89. The van der Waals surface area contributed by atoms with Crippen molar-refractivity contribution in [1.29, 1.82) is 0 Å². The van der Waals surface area contributed by atoms with Crippen LogP contribution in [0, 0.1) is 0 Å². The van der Waals surface area contributed by atoms with Gasteiger partial charge in [-0.25, -0.2) is 13.1 Å². The molecule has 20 heavy (non-hydrogen) atoms. The van der Waals surface area contributed by atoms with Crippen LogP contribution in [0.25, 0.3) is 6.08 Å². The van der Waals surface area contributed by atoms with Gasteiger partial charge >= 0.3 is 0 Å². The molecule has 2 N–H and O–H groups in total. The number of carbonyl (C=O) groups is 1. The predicted molar refractivity (Wildman–Crippen MR) is 76.6 cm³/mol. The van der Waals surface area contributed by atoms with Gasteiger partial charge in [0.1, 0.15) is 0 Å². The lowest BCUT2D eigenvalue weighted by molar-refractivity contribution is -0.116. The molecule has 1 aromatic rings. The molecule has 0 fully saturated rings. The fourth-order valence-electron chi connectivity index (χ4n) is 1.38. The summed E-state index contributed by atoms with van der Waals surface area (Å²) in [4.78, 5) is 11.6. The Labute approximate surface area is 118 Å².